The second-order valence-electron chi connectivity index (χ2n) is 18.4. The van der Waals surface area contributed by atoms with Crippen molar-refractivity contribution < 1.29 is 37.6 Å². The summed E-state index contributed by atoms with van der Waals surface area (Å²) in [7, 11) is 1.58. The molecule has 0 heterocycles. The van der Waals surface area contributed by atoms with E-state index in [1.165, 1.54) is 218 Å². The van der Waals surface area contributed by atoms with E-state index in [1.54, 1.807) is 0 Å². The summed E-state index contributed by atoms with van der Waals surface area (Å²) in [4.78, 5) is 21.7. The van der Waals surface area contributed by atoms with Gasteiger partial charge in [-0.2, -0.15) is 0 Å². The third-order valence-corrected chi connectivity index (χ3v) is 12.4. The molecule has 2 unspecified atom stereocenters. The Labute approximate surface area is 355 Å². The first-order valence-electron chi connectivity index (χ1n) is 24.8. The number of unbranched alkanes of at least 4 members (excludes halogenated alkanes) is 36. The molecule has 0 bridgehead atoms. The average Bonchev–Trinajstić information content (AvgIpc) is 3.17. The molecule has 0 aliphatic rings. The number of likely N-dealkylation sites (N-methyl/N-ethyl adjacent to an activating group) is 1. The monoisotopic (exact) mass is 833 g/mol. The van der Waals surface area contributed by atoms with E-state index in [9.17, 15) is 19.4 Å². The molecule has 0 aliphatic heterocycles. The molecule has 0 saturated heterocycles. The molecule has 0 aromatic heterocycles. The predicted octanol–water partition coefficient (Wildman–Crippen LogP) is 14.6. The molecule has 0 fully saturated rings. The number of quaternary nitrogens is 1. The number of phosphoric acid groups is 1. The summed E-state index contributed by atoms with van der Waals surface area (Å²) >= 11 is 0. The van der Waals surface area contributed by atoms with E-state index in [2.05, 4.69) is 6.92 Å². The van der Waals surface area contributed by atoms with Crippen molar-refractivity contribution in [2.45, 2.75) is 257 Å². The average molecular weight is 833 g/mol. The third kappa shape index (κ3) is 48.0. The van der Waals surface area contributed by atoms with Crippen LogP contribution in [0.4, 0.5) is 0 Å². The lowest BCUT2D eigenvalue weighted by Gasteiger charge is -2.24. The van der Waals surface area contributed by atoms with Gasteiger partial charge in [-0.15, -0.1) is 0 Å². The maximum Gasteiger partial charge on any atom is 0.472 e. The zero-order valence-corrected chi connectivity index (χ0v) is 39.5. The SMILES string of the molecule is CCCCCCCCCCCCCCCCCCCCCCCCCCCCCCCCCCCCCCCC(=O)OCC(O)COP(=O)(O)OCC[N+](C)(C)C. The standard InChI is InChI=1S/C48H98NO7P/c1-5-6-7-8-9-10-11-12-13-14-15-16-17-18-19-20-21-22-23-24-25-26-27-28-29-30-31-32-33-34-35-36-37-38-39-40-41-42-48(51)54-45-47(50)46-56-57(52,53)55-44-43-49(2,3)4/h47,50H,5-46H2,1-4H3/p+1. The van der Waals surface area contributed by atoms with Crippen molar-refractivity contribution in [1.29, 1.82) is 0 Å². The lowest BCUT2D eigenvalue weighted by molar-refractivity contribution is -0.870. The lowest BCUT2D eigenvalue weighted by atomic mass is 10.0. The number of rotatable bonds is 47. The number of aliphatic hydroxyl groups is 1. The Morgan fingerprint density at radius 1 is 0.474 bits per heavy atom. The van der Waals surface area contributed by atoms with Crippen LogP contribution in [0.5, 0.6) is 0 Å². The van der Waals surface area contributed by atoms with Crippen LogP contribution < -0.4 is 0 Å². The first kappa shape index (κ1) is 56.5. The van der Waals surface area contributed by atoms with Crippen molar-refractivity contribution in [2.75, 3.05) is 47.5 Å². The Morgan fingerprint density at radius 3 is 1.04 bits per heavy atom. The van der Waals surface area contributed by atoms with E-state index in [0.717, 1.165) is 19.3 Å². The Balaban J connectivity index is 3.26. The molecular weight excluding hydrogens is 734 g/mol. The highest BCUT2D eigenvalue weighted by Gasteiger charge is 2.24. The third-order valence-electron chi connectivity index (χ3n) is 11.4. The minimum absolute atomic E-state index is 0.0577. The highest BCUT2D eigenvalue weighted by atomic mass is 31.2. The van der Waals surface area contributed by atoms with E-state index in [4.69, 9.17) is 13.8 Å². The Hall–Kier alpha value is -0.500. The van der Waals surface area contributed by atoms with Crippen molar-refractivity contribution in [3.05, 3.63) is 0 Å². The van der Waals surface area contributed by atoms with Gasteiger partial charge in [-0.1, -0.05) is 238 Å². The van der Waals surface area contributed by atoms with Gasteiger partial charge in [0.25, 0.3) is 0 Å². The molecular formula is C48H99NO7P+. The summed E-state index contributed by atoms with van der Waals surface area (Å²) in [5.74, 6) is -0.364. The van der Waals surface area contributed by atoms with E-state index in [0.29, 0.717) is 17.4 Å². The molecule has 0 aromatic rings. The van der Waals surface area contributed by atoms with Gasteiger partial charge in [0.1, 0.15) is 25.9 Å². The van der Waals surface area contributed by atoms with Crippen LogP contribution in [0.25, 0.3) is 0 Å². The summed E-state index contributed by atoms with van der Waals surface area (Å²) < 4.78 is 27.3. The van der Waals surface area contributed by atoms with Gasteiger partial charge < -0.3 is 19.2 Å². The van der Waals surface area contributed by atoms with Crippen LogP contribution in [-0.4, -0.2) is 74.1 Å². The molecule has 2 atom stereocenters. The van der Waals surface area contributed by atoms with Gasteiger partial charge in [-0.05, 0) is 6.42 Å². The molecule has 0 rings (SSSR count). The fourth-order valence-electron chi connectivity index (χ4n) is 7.49. The molecule has 0 radical (unpaired) electrons. The highest BCUT2D eigenvalue weighted by Crippen LogP contribution is 2.43. The van der Waals surface area contributed by atoms with Gasteiger partial charge in [0.2, 0.25) is 0 Å². The van der Waals surface area contributed by atoms with Gasteiger partial charge in [-0.3, -0.25) is 13.8 Å². The van der Waals surface area contributed by atoms with Crippen LogP contribution in [0, 0.1) is 0 Å². The topological polar surface area (TPSA) is 102 Å². The molecule has 0 spiro atoms. The Morgan fingerprint density at radius 2 is 0.754 bits per heavy atom. The van der Waals surface area contributed by atoms with Crippen LogP contribution >= 0.6 is 7.82 Å². The van der Waals surface area contributed by atoms with Crippen molar-refractivity contribution >= 4 is 13.8 Å². The summed E-state index contributed by atoms with van der Waals surface area (Å²) in [5.41, 5.74) is 0. The first-order valence-corrected chi connectivity index (χ1v) is 26.3. The molecule has 0 amide bonds. The number of carbonyl (C=O) groups is 1. The number of hydrogen-bond donors (Lipinski definition) is 2. The van der Waals surface area contributed by atoms with Crippen molar-refractivity contribution in [3.8, 4) is 0 Å². The fraction of sp³-hybridized carbons (Fsp3) is 0.979. The Kier molecular flexibility index (Phi) is 41.8. The van der Waals surface area contributed by atoms with E-state index >= 15 is 0 Å². The smallest absolute Gasteiger partial charge is 0.463 e. The number of ether oxygens (including phenoxy) is 1. The number of phosphoric ester groups is 1. The molecule has 0 saturated carbocycles. The van der Waals surface area contributed by atoms with Crippen LogP contribution in [0.2, 0.25) is 0 Å². The second kappa shape index (κ2) is 42.2. The number of nitrogens with zero attached hydrogens (tertiary/aromatic N) is 1. The number of esters is 1. The highest BCUT2D eigenvalue weighted by molar-refractivity contribution is 7.47. The zero-order valence-electron chi connectivity index (χ0n) is 38.6. The van der Waals surface area contributed by atoms with Crippen LogP contribution in [-0.2, 0) is 23.1 Å². The van der Waals surface area contributed by atoms with Gasteiger partial charge in [0, 0.05) is 6.42 Å². The van der Waals surface area contributed by atoms with Crippen molar-refractivity contribution in [1.82, 2.24) is 0 Å². The maximum atomic E-state index is 12.0. The van der Waals surface area contributed by atoms with E-state index < -0.39 is 20.5 Å². The largest absolute Gasteiger partial charge is 0.472 e. The number of aliphatic hydroxyl groups excluding tert-OH is 1. The maximum absolute atomic E-state index is 12.0. The minimum atomic E-state index is -4.25. The molecule has 342 valence electrons. The summed E-state index contributed by atoms with van der Waals surface area (Å²) in [5, 5.41) is 9.93. The van der Waals surface area contributed by atoms with Crippen LogP contribution in [0.1, 0.15) is 251 Å². The van der Waals surface area contributed by atoms with E-state index in [1.807, 2.05) is 21.1 Å². The summed E-state index contributed by atoms with van der Waals surface area (Å²) in [6.07, 6.45) is 50.5. The second-order valence-corrected chi connectivity index (χ2v) is 19.9. The number of carbonyl (C=O) groups excluding carboxylic acids is 1. The molecule has 9 heteroatoms. The van der Waals surface area contributed by atoms with Gasteiger partial charge >= 0.3 is 13.8 Å². The van der Waals surface area contributed by atoms with Gasteiger partial charge in [-0.25, -0.2) is 4.57 Å². The quantitative estimate of drug-likeness (QED) is 0.0272. The lowest BCUT2D eigenvalue weighted by Crippen LogP contribution is -2.37. The molecule has 2 N–H and O–H groups in total. The van der Waals surface area contributed by atoms with Crippen LogP contribution in [0.15, 0.2) is 0 Å². The molecule has 0 aromatic carbocycles. The van der Waals surface area contributed by atoms with Crippen molar-refractivity contribution in [3.63, 3.8) is 0 Å². The molecule has 57 heavy (non-hydrogen) atoms. The predicted molar refractivity (Wildman–Crippen MR) is 243 cm³/mol. The fourth-order valence-corrected chi connectivity index (χ4v) is 8.23. The summed E-state index contributed by atoms with van der Waals surface area (Å²) in [6.45, 7) is 2.19. The molecule has 8 nitrogen and oxygen atoms in total. The van der Waals surface area contributed by atoms with Gasteiger partial charge in [0.05, 0.1) is 27.7 Å². The number of hydrogen-bond acceptors (Lipinski definition) is 6. The molecule has 0 aliphatic carbocycles. The van der Waals surface area contributed by atoms with Crippen molar-refractivity contribution in [2.24, 2.45) is 0 Å². The van der Waals surface area contributed by atoms with E-state index in [-0.39, 0.29) is 19.2 Å². The minimum Gasteiger partial charge on any atom is -0.463 e. The summed E-state index contributed by atoms with van der Waals surface area (Å²) in [6, 6.07) is 0. The van der Waals surface area contributed by atoms with Gasteiger partial charge in [0.15, 0.2) is 0 Å². The Bertz CT molecular complexity index is 883. The first-order chi connectivity index (χ1) is 27.6. The normalized spacial score (nSPS) is 13.6. The zero-order chi connectivity index (χ0) is 42.0. The van der Waals surface area contributed by atoms with Crippen LogP contribution in [0.3, 0.4) is 0 Å².